The predicted molar refractivity (Wildman–Crippen MR) is 161 cm³/mol. The van der Waals surface area contributed by atoms with Crippen LogP contribution >= 0.6 is 0 Å². The van der Waals surface area contributed by atoms with Gasteiger partial charge in [0.25, 0.3) is 17.7 Å². The summed E-state index contributed by atoms with van der Waals surface area (Å²) in [7, 11) is 3.26. The van der Waals surface area contributed by atoms with Crippen LogP contribution in [0.4, 0.5) is 17.2 Å². The van der Waals surface area contributed by atoms with Crippen LogP contribution in [0.25, 0.3) is 5.69 Å². The van der Waals surface area contributed by atoms with E-state index in [1.807, 2.05) is 6.92 Å². The topological polar surface area (TPSA) is 162 Å². The monoisotopic (exact) mass is 592 g/mol. The maximum atomic E-state index is 13.8. The third-order valence-corrected chi connectivity index (χ3v) is 7.31. The summed E-state index contributed by atoms with van der Waals surface area (Å²) in [6.45, 7) is 3.66. The Bertz CT molecular complexity index is 1990. The van der Waals surface area contributed by atoms with Crippen LogP contribution in [0.15, 0.2) is 71.7 Å². The van der Waals surface area contributed by atoms with Crippen molar-refractivity contribution in [2.24, 2.45) is 14.1 Å². The number of fused-ring (bicyclic) bond motifs is 1. The van der Waals surface area contributed by atoms with Gasteiger partial charge in [-0.3, -0.25) is 19.1 Å². The summed E-state index contributed by atoms with van der Waals surface area (Å²) in [6, 6.07) is 16.2. The lowest BCUT2D eigenvalue weighted by Crippen LogP contribution is -2.28. The molecular weight excluding hydrogens is 564 g/mol. The van der Waals surface area contributed by atoms with Crippen molar-refractivity contribution in [3.8, 4) is 5.69 Å². The van der Waals surface area contributed by atoms with Crippen molar-refractivity contribution in [3.05, 3.63) is 105 Å². The Balaban J connectivity index is 1.28. The molecule has 2 aromatic carbocycles. The van der Waals surface area contributed by atoms with Gasteiger partial charge in [0.05, 0.1) is 11.7 Å². The van der Waals surface area contributed by atoms with Crippen molar-refractivity contribution in [2.45, 2.75) is 26.3 Å². The highest BCUT2D eigenvalue weighted by molar-refractivity contribution is 6.15. The van der Waals surface area contributed by atoms with E-state index < -0.39 is 17.6 Å². The van der Waals surface area contributed by atoms with Gasteiger partial charge in [-0.1, -0.05) is 13.0 Å². The number of aryl methyl sites for hydroxylation is 3. The smallest absolute Gasteiger partial charge is 0.321 e. The summed E-state index contributed by atoms with van der Waals surface area (Å²) in [6.07, 6.45) is 2.23. The minimum atomic E-state index is -0.502. The predicted octanol–water partition coefficient (Wildman–Crippen LogP) is 3.02. The van der Waals surface area contributed by atoms with Gasteiger partial charge in [-0.25, -0.2) is 9.78 Å². The lowest BCUT2D eigenvalue weighted by atomic mass is 9.99. The summed E-state index contributed by atoms with van der Waals surface area (Å²) in [5.41, 5.74) is 2.98. The van der Waals surface area contributed by atoms with Crippen LogP contribution < -0.4 is 21.2 Å². The van der Waals surface area contributed by atoms with Crippen molar-refractivity contribution in [1.82, 2.24) is 34.6 Å². The molecule has 14 nitrogen and oxygen atoms in total. The molecule has 0 spiro atoms. The number of amides is 3. The van der Waals surface area contributed by atoms with Crippen molar-refractivity contribution < 1.29 is 14.4 Å². The zero-order valence-electron chi connectivity index (χ0n) is 24.3. The maximum absolute atomic E-state index is 13.8. The minimum absolute atomic E-state index is 0.133. The van der Waals surface area contributed by atoms with Crippen LogP contribution in [0.3, 0.4) is 0 Å². The first-order valence-corrected chi connectivity index (χ1v) is 13.8. The van der Waals surface area contributed by atoms with Gasteiger partial charge in [-0.2, -0.15) is 14.5 Å². The number of hydrogen-bond donors (Lipinski definition) is 2. The van der Waals surface area contributed by atoms with E-state index in [-0.39, 0.29) is 17.5 Å². The number of aromatic nitrogens is 7. The van der Waals surface area contributed by atoms with E-state index in [0.717, 1.165) is 9.36 Å². The van der Waals surface area contributed by atoms with Crippen LogP contribution in [-0.4, -0.2) is 52.3 Å². The quantitative estimate of drug-likeness (QED) is 0.291. The van der Waals surface area contributed by atoms with E-state index in [2.05, 4.69) is 31.1 Å². The zero-order valence-corrected chi connectivity index (χ0v) is 24.3. The van der Waals surface area contributed by atoms with Crippen LogP contribution in [0.5, 0.6) is 0 Å². The van der Waals surface area contributed by atoms with E-state index in [9.17, 15) is 19.2 Å². The Hall–Kier alpha value is -5.92. The molecule has 3 aromatic heterocycles. The number of carbonyl (C=O) groups excluding carboxylic acids is 3. The number of pyridine rings is 1. The molecule has 0 radical (unpaired) electrons. The molecule has 0 fully saturated rings. The number of tetrazole rings is 1. The molecule has 222 valence electrons. The Morgan fingerprint density at radius 3 is 2.32 bits per heavy atom. The van der Waals surface area contributed by atoms with Gasteiger partial charge in [0.1, 0.15) is 5.69 Å². The van der Waals surface area contributed by atoms with Crippen molar-refractivity contribution >= 4 is 34.9 Å². The number of nitrogens with one attached hydrogen (secondary N) is 2. The summed E-state index contributed by atoms with van der Waals surface area (Å²) < 4.78 is 3.86. The molecule has 0 bridgehead atoms. The van der Waals surface area contributed by atoms with Gasteiger partial charge in [-0.05, 0) is 72.3 Å². The SMILES string of the molecule is CC[C@@H]1c2c(cc(C)nc2C(=O)Nc2cccc(C(=O)Nc3ccn(C)n3)c2)C(=O)N1c1ccc(-n2nnn(C)c2=O)cc1. The highest BCUT2D eigenvalue weighted by atomic mass is 16.2. The lowest BCUT2D eigenvalue weighted by Gasteiger charge is -2.25. The second-order valence-corrected chi connectivity index (χ2v) is 10.3. The van der Waals surface area contributed by atoms with E-state index in [0.29, 0.717) is 51.7 Å². The molecular formula is C30H28N10O4. The second kappa shape index (κ2) is 11.1. The molecule has 0 saturated heterocycles. The summed E-state index contributed by atoms with van der Waals surface area (Å²) >= 11 is 0. The molecule has 2 N–H and O–H groups in total. The van der Waals surface area contributed by atoms with Crippen LogP contribution in [0, 0.1) is 6.92 Å². The molecule has 44 heavy (non-hydrogen) atoms. The molecule has 4 heterocycles. The van der Waals surface area contributed by atoms with Gasteiger partial charge in [0.15, 0.2) is 5.82 Å². The first-order valence-electron chi connectivity index (χ1n) is 13.8. The highest BCUT2D eigenvalue weighted by Crippen LogP contribution is 2.41. The maximum Gasteiger partial charge on any atom is 0.368 e. The lowest BCUT2D eigenvalue weighted by molar-refractivity contribution is 0.0988. The molecule has 5 aromatic rings. The van der Waals surface area contributed by atoms with Crippen molar-refractivity contribution in [2.75, 3.05) is 15.5 Å². The number of hydrogen-bond acceptors (Lipinski definition) is 8. The second-order valence-electron chi connectivity index (χ2n) is 10.3. The first-order chi connectivity index (χ1) is 21.1. The molecule has 1 aliphatic rings. The fourth-order valence-electron chi connectivity index (χ4n) is 5.28. The van der Waals surface area contributed by atoms with Crippen molar-refractivity contribution in [1.29, 1.82) is 0 Å². The summed E-state index contributed by atoms with van der Waals surface area (Å²) in [5.74, 6) is -0.734. The van der Waals surface area contributed by atoms with Crippen LogP contribution in [0.2, 0.25) is 0 Å². The average Bonchev–Trinajstić information content (AvgIpc) is 3.67. The molecule has 0 aliphatic carbocycles. The zero-order chi connectivity index (χ0) is 31.1. The summed E-state index contributed by atoms with van der Waals surface area (Å²) in [4.78, 5) is 58.7. The highest BCUT2D eigenvalue weighted by Gasteiger charge is 2.40. The molecule has 6 rings (SSSR count). The first kappa shape index (κ1) is 28.2. The number of rotatable bonds is 7. The van der Waals surface area contributed by atoms with Gasteiger partial charge in [0, 0.05) is 60.1 Å². The molecule has 0 saturated carbocycles. The number of nitrogens with zero attached hydrogens (tertiary/aromatic N) is 8. The van der Waals surface area contributed by atoms with Crippen molar-refractivity contribution in [3.63, 3.8) is 0 Å². The Kier molecular flexibility index (Phi) is 7.09. The Morgan fingerprint density at radius 2 is 1.66 bits per heavy atom. The number of benzene rings is 2. The molecule has 0 unspecified atom stereocenters. The standard InChI is InChI=1S/C30H28N10O4/c1-5-23-25-22(29(43)39(23)20-9-11-21(12-10-20)40-30(44)38(4)35-36-40)15-17(2)31-26(25)28(42)32-19-8-6-7-18(16-19)27(41)33-24-13-14-37(3)34-24/h6-16,23H,5H2,1-4H3,(H,32,42)(H,33,34,41)/t23-/m1/s1. The fraction of sp³-hybridized carbons (Fsp3) is 0.200. The normalized spacial score (nSPS) is 14.0. The molecule has 3 amide bonds. The minimum Gasteiger partial charge on any atom is -0.321 e. The Morgan fingerprint density at radius 1 is 0.909 bits per heavy atom. The van der Waals surface area contributed by atoms with E-state index >= 15 is 0 Å². The number of anilines is 3. The van der Waals surface area contributed by atoms with E-state index in [1.54, 1.807) is 90.4 Å². The van der Waals surface area contributed by atoms with Gasteiger partial charge < -0.3 is 15.5 Å². The van der Waals surface area contributed by atoms with Gasteiger partial charge in [-0.15, -0.1) is 0 Å². The fourth-order valence-corrected chi connectivity index (χ4v) is 5.28. The van der Waals surface area contributed by atoms with Gasteiger partial charge in [0.2, 0.25) is 0 Å². The van der Waals surface area contributed by atoms with Gasteiger partial charge >= 0.3 is 5.69 Å². The van der Waals surface area contributed by atoms with E-state index in [1.165, 1.54) is 7.05 Å². The third kappa shape index (κ3) is 5.02. The Labute approximate surface area is 250 Å². The summed E-state index contributed by atoms with van der Waals surface area (Å²) in [5, 5.41) is 17.3. The molecule has 14 heteroatoms. The average molecular weight is 593 g/mol. The molecule has 1 atom stereocenters. The third-order valence-electron chi connectivity index (χ3n) is 7.31. The van der Waals surface area contributed by atoms with Crippen LogP contribution in [-0.2, 0) is 14.1 Å². The molecule has 1 aliphatic heterocycles. The van der Waals surface area contributed by atoms with E-state index in [4.69, 9.17) is 0 Å². The largest absolute Gasteiger partial charge is 0.368 e. The van der Waals surface area contributed by atoms with Crippen LogP contribution in [0.1, 0.15) is 61.8 Å². The number of carbonyl (C=O) groups is 3.